The van der Waals surface area contributed by atoms with Gasteiger partial charge in [-0.05, 0) is 0 Å². The zero-order valence-electron chi connectivity index (χ0n) is 8.34. The first-order chi connectivity index (χ1) is 6.99. The lowest BCUT2D eigenvalue weighted by atomic mass is 9.90. The van der Waals surface area contributed by atoms with E-state index in [0.717, 1.165) is 7.11 Å². The van der Waals surface area contributed by atoms with Crippen LogP contribution in [0.1, 0.15) is 6.92 Å². The summed E-state index contributed by atoms with van der Waals surface area (Å²) in [4.78, 5) is 32.1. The fourth-order valence-corrected chi connectivity index (χ4v) is 1.53. The molecule has 0 spiro atoms. The number of methoxy groups -OCH3 is 1. The van der Waals surface area contributed by atoms with E-state index in [-0.39, 0.29) is 6.61 Å². The molecule has 1 aliphatic rings. The number of esters is 2. The molecule has 0 bridgehead atoms. The van der Waals surface area contributed by atoms with Crippen molar-refractivity contribution in [1.82, 2.24) is 0 Å². The van der Waals surface area contributed by atoms with Crippen molar-refractivity contribution in [3.8, 4) is 0 Å². The molecule has 0 aliphatic carbocycles. The minimum atomic E-state index is -1.53. The van der Waals surface area contributed by atoms with E-state index in [1.54, 1.807) is 0 Å². The van der Waals surface area contributed by atoms with Gasteiger partial charge in [-0.1, -0.05) is 6.92 Å². The van der Waals surface area contributed by atoms with Gasteiger partial charge in [0.15, 0.2) is 0 Å². The van der Waals surface area contributed by atoms with Crippen LogP contribution in [0.5, 0.6) is 0 Å². The van der Waals surface area contributed by atoms with Gasteiger partial charge in [0.1, 0.15) is 6.61 Å². The van der Waals surface area contributed by atoms with E-state index in [1.165, 1.54) is 6.92 Å². The van der Waals surface area contributed by atoms with Crippen molar-refractivity contribution in [3.05, 3.63) is 10.1 Å². The quantitative estimate of drug-likeness (QED) is 0.363. The predicted molar refractivity (Wildman–Crippen MR) is 46.4 cm³/mol. The molecule has 7 heteroatoms. The molecule has 0 aromatic rings. The van der Waals surface area contributed by atoms with Crippen LogP contribution in [0.25, 0.3) is 0 Å². The number of hydrogen-bond donors (Lipinski definition) is 0. The molecule has 1 rings (SSSR count). The highest BCUT2D eigenvalue weighted by Crippen LogP contribution is 2.26. The van der Waals surface area contributed by atoms with E-state index in [4.69, 9.17) is 0 Å². The molecule has 1 unspecified atom stereocenters. The number of nitro groups is 1. The third-order valence-electron chi connectivity index (χ3n) is 2.51. The Balaban J connectivity index is 2.86. The second kappa shape index (κ2) is 4.24. The molecule has 0 saturated carbocycles. The van der Waals surface area contributed by atoms with Crippen LogP contribution in [0.15, 0.2) is 0 Å². The van der Waals surface area contributed by atoms with Crippen LogP contribution in [-0.4, -0.2) is 36.6 Å². The summed E-state index contributed by atoms with van der Waals surface area (Å²) in [7, 11) is 1.07. The molecule has 0 aromatic heterocycles. The molecule has 15 heavy (non-hydrogen) atoms. The number of carbonyl (C=O) groups excluding carboxylic acids is 2. The van der Waals surface area contributed by atoms with Crippen LogP contribution in [0.3, 0.4) is 0 Å². The van der Waals surface area contributed by atoms with Gasteiger partial charge in [0, 0.05) is 4.92 Å². The van der Waals surface area contributed by atoms with Crippen molar-refractivity contribution in [2.24, 2.45) is 11.8 Å². The Morgan fingerprint density at radius 3 is 2.67 bits per heavy atom. The lowest BCUT2D eigenvalue weighted by Gasteiger charge is -2.14. The average molecular weight is 217 g/mol. The highest BCUT2D eigenvalue weighted by atomic mass is 16.6. The Morgan fingerprint density at radius 2 is 2.33 bits per heavy atom. The first-order valence-corrected chi connectivity index (χ1v) is 4.37. The molecule has 0 amide bonds. The van der Waals surface area contributed by atoms with Gasteiger partial charge in [0.25, 0.3) is 0 Å². The average Bonchev–Trinajstić information content (AvgIpc) is 2.49. The van der Waals surface area contributed by atoms with E-state index in [2.05, 4.69) is 9.47 Å². The fourth-order valence-electron chi connectivity index (χ4n) is 1.53. The van der Waals surface area contributed by atoms with Crippen LogP contribution in [0.2, 0.25) is 0 Å². The van der Waals surface area contributed by atoms with Crippen LogP contribution >= 0.6 is 0 Å². The summed E-state index contributed by atoms with van der Waals surface area (Å²) in [6.45, 7) is 1.39. The van der Waals surface area contributed by atoms with Crippen LogP contribution in [0, 0.1) is 22.0 Å². The molecule has 0 radical (unpaired) electrons. The lowest BCUT2D eigenvalue weighted by molar-refractivity contribution is -0.520. The van der Waals surface area contributed by atoms with Gasteiger partial charge >= 0.3 is 18.0 Å². The second-order valence-corrected chi connectivity index (χ2v) is 3.34. The van der Waals surface area contributed by atoms with Gasteiger partial charge in [0.05, 0.1) is 18.9 Å². The molecular formula is C8H11NO6. The van der Waals surface area contributed by atoms with Gasteiger partial charge in [0.2, 0.25) is 0 Å². The van der Waals surface area contributed by atoms with Gasteiger partial charge in [-0.3, -0.25) is 14.9 Å². The lowest BCUT2D eigenvalue weighted by Crippen LogP contribution is -2.41. The topological polar surface area (TPSA) is 95.7 Å². The molecule has 7 nitrogen and oxygen atoms in total. The number of ether oxygens (including phenoxy) is 2. The first-order valence-electron chi connectivity index (χ1n) is 4.37. The molecule has 0 aromatic carbocycles. The number of hydrogen-bond acceptors (Lipinski definition) is 6. The standard InChI is InChI=1S/C8H11NO6/c1-4-5(3-15-7(4)10)6(9(12)13)8(11)14-2/h4-6H,3H2,1-2H3/t4-,5+,6?/m0/s1. The summed E-state index contributed by atoms with van der Waals surface area (Å²) >= 11 is 0. The Bertz CT molecular complexity index is 302. The number of cyclic esters (lactones) is 1. The van der Waals surface area contributed by atoms with Crippen molar-refractivity contribution in [2.45, 2.75) is 13.0 Å². The van der Waals surface area contributed by atoms with Crippen LogP contribution in [-0.2, 0) is 19.1 Å². The van der Waals surface area contributed by atoms with Crippen molar-refractivity contribution >= 4 is 11.9 Å². The van der Waals surface area contributed by atoms with Crippen molar-refractivity contribution in [2.75, 3.05) is 13.7 Å². The maximum absolute atomic E-state index is 11.2. The van der Waals surface area contributed by atoms with Gasteiger partial charge in [-0.2, -0.15) is 0 Å². The zero-order chi connectivity index (χ0) is 11.6. The molecular weight excluding hydrogens is 206 g/mol. The van der Waals surface area contributed by atoms with Crippen molar-refractivity contribution in [3.63, 3.8) is 0 Å². The molecule has 1 fully saturated rings. The van der Waals surface area contributed by atoms with Gasteiger partial charge < -0.3 is 9.47 Å². The zero-order valence-corrected chi connectivity index (χ0v) is 8.34. The summed E-state index contributed by atoms with van der Waals surface area (Å²) in [6.07, 6.45) is 0. The second-order valence-electron chi connectivity index (χ2n) is 3.34. The van der Waals surface area contributed by atoms with Crippen LogP contribution < -0.4 is 0 Å². The summed E-state index contributed by atoms with van der Waals surface area (Å²) in [5.41, 5.74) is 0. The van der Waals surface area contributed by atoms with E-state index in [9.17, 15) is 19.7 Å². The summed E-state index contributed by atoms with van der Waals surface area (Å²) in [6, 6.07) is -1.53. The Kier molecular flexibility index (Phi) is 3.23. The molecule has 1 saturated heterocycles. The minimum Gasteiger partial charge on any atom is -0.465 e. The molecule has 84 valence electrons. The normalized spacial score (nSPS) is 26.9. The van der Waals surface area contributed by atoms with Crippen LogP contribution in [0.4, 0.5) is 0 Å². The fraction of sp³-hybridized carbons (Fsp3) is 0.750. The maximum Gasteiger partial charge on any atom is 0.381 e. The summed E-state index contributed by atoms with van der Waals surface area (Å²) < 4.78 is 8.97. The predicted octanol–water partition coefficient (Wildman–Crippen LogP) is -0.386. The number of rotatable bonds is 3. The van der Waals surface area contributed by atoms with Crippen molar-refractivity contribution < 1.29 is 24.0 Å². The highest BCUT2D eigenvalue weighted by molar-refractivity contribution is 5.79. The largest absolute Gasteiger partial charge is 0.465 e. The highest BCUT2D eigenvalue weighted by Gasteiger charge is 2.49. The monoisotopic (exact) mass is 217 g/mol. The Hall–Kier alpha value is -1.66. The Morgan fingerprint density at radius 1 is 1.73 bits per heavy atom. The molecule has 0 N–H and O–H groups in total. The SMILES string of the molecule is COC(=O)C([C@@H]1COC(=O)[C@H]1C)[N+](=O)[O-]. The minimum absolute atomic E-state index is 0.110. The Labute approximate surface area is 85.5 Å². The first kappa shape index (κ1) is 11.4. The van der Waals surface area contributed by atoms with Crippen molar-refractivity contribution in [1.29, 1.82) is 0 Å². The van der Waals surface area contributed by atoms with Gasteiger partial charge in [-0.25, -0.2) is 4.79 Å². The number of nitrogens with zero attached hydrogens (tertiary/aromatic N) is 1. The molecule has 1 heterocycles. The third kappa shape index (κ3) is 2.05. The summed E-state index contributed by atoms with van der Waals surface area (Å²) in [5, 5.41) is 10.7. The summed E-state index contributed by atoms with van der Waals surface area (Å²) in [5.74, 6) is -2.87. The van der Waals surface area contributed by atoms with E-state index in [0.29, 0.717) is 0 Å². The van der Waals surface area contributed by atoms with E-state index < -0.39 is 34.7 Å². The molecule has 1 aliphatic heterocycles. The number of carbonyl (C=O) groups is 2. The van der Waals surface area contributed by atoms with E-state index in [1.807, 2.05) is 0 Å². The smallest absolute Gasteiger partial charge is 0.381 e. The maximum atomic E-state index is 11.2. The third-order valence-corrected chi connectivity index (χ3v) is 2.51. The molecule has 3 atom stereocenters. The van der Waals surface area contributed by atoms with E-state index >= 15 is 0 Å². The van der Waals surface area contributed by atoms with Gasteiger partial charge in [-0.15, -0.1) is 0 Å².